The monoisotopic (exact) mass is 410 g/mol. The van der Waals surface area contributed by atoms with Crippen LogP contribution in [0.2, 0.25) is 0 Å². The van der Waals surface area contributed by atoms with Crippen LogP contribution in [0.4, 0.5) is 0 Å². The molecule has 0 bridgehead atoms. The van der Waals surface area contributed by atoms with Crippen LogP contribution in [0.5, 0.6) is 0 Å². The molecule has 1 aromatic carbocycles. The van der Waals surface area contributed by atoms with Crippen molar-refractivity contribution in [2.45, 2.75) is 21.5 Å². The highest BCUT2D eigenvalue weighted by molar-refractivity contribution is 7.96. The number of hydrogen-bond acceptors (Lipinski definition) is 7. The van der Waals surface area contributed by atoms with Crippen molar-refractivity contribution in [1.82, 2.24) is 9.62 Å². The third-order valence-electron chi connectivity index (χ3n) is 3.92. The van der Waals surface area contributed by atoms with E-state index in [1.807, 2.05) is 4.90 Å². The van der Waals surface area contributed by atoms with Crippen molar-refractivity contribution in [3.05, 3.63) is 24.3 Å². The minimum Gasteiger partial charge on any atom is -0.308 e. The maximum atomic E-state index is 12.6. The smallest absolute Gasteiger partial charge is 0.240 e. The van der Waals surface area contributed by atoms with Crippen LogP contribution in [-0.4, -0.2) is 74.1 Å². The van der Waals surface area contributed by atoms with Crippen molar-refractivity contribution >= 4 is 29.7 Å². The van der Waals surface area contributed by atoms with Gasteiger partial charge in [0.1, 0.15) is 0 Å². The van der Waals surface area contributed by atoms with Crippen LogP contribution in [0.3, 0.4) is 0 Å². The van der Waals surface area contributed by atoms with Crippen LogP contribution in [-0.2, 0) is 29.7 Å². The van der Waals surface area contributed by atoms with E-state index < -0.39 is 40.7 Å². The maximum Gasteiger partial charge on any atom is 0.240 e. The second kappa shape index (κ2) is 7.31. The third-order valence-corrected chi connectivity index (χ3v) is 9.55. The summed E-state index contributed by atoms with van der Waals surface area (Å²) in [4.78, 5) is 1.47. The molecular formula is C14H22N2O6S3. The second-order valence-corrected chi connectivity index (χ2v) is 12.5. The zero-order valence-corrected chi connectivity index (χ0v) is 16.5. The van der Waals surface area contributed by atoms with Gasteiger partial charge in [-0.25, -0.2) is 30.0 Å². The molecule has 25 heavy (non-hydrogen) atoms. The number of nitrogens with one attached hydrogen (secondary N) is 1. The Kier molecular flexibility index (Phi) is 5.94. The molecule has 1 aliphatic heterocycles. The predicted octanol–water partition coefficient (Wildman–Crippen LogP) is -0.513. The fourth-order valence-corrected chi connectivity index (χ4v) is 8.05. The molecule has 1 heterocycles. The Balaban J connectivity index is 2.26. The highest BCUT2D eigenvalue weighted by atomic mass is 32.2. The second-order valence-electron chi connectivity index (χ2n) is 6.25. The Morgan fingerprint density at radius 3 is 2.36 bits per heavy atom. The van der Waals surface area contributed by atoms with E-state index >= 15 is 0 Å². The number of rotatable bonds is 7. The van der Waals surface area contributed by atoms with E-state index in [0.717, 1.165) is 6.07 Å². The van der Waals surface area contributed by atoms with Crippen molar-refractivity contribution in [2.75, 3.05) is 38.7 Å². The SMILES string of the molecule is CN(C)CCNS(=O)(=O)c1cccc(S(=O)(=O)[C@@H]2CCS(=O)(=O)C2)c1. The summed E-state index contributed by atoms with van der Waals surface area (Å²) in [6.07, 6.45) is 0.0305. The van der Waals surface area contributed by atoms with Crippen LogP contribution >= 0.6 is 0 Å². The van der Waals surface area contributed by atoms with Crippen molar-refractivity contribution in [3.8, 4) is 0 Å². The lowest BCUT2D eigenvalue weighted by Gasteiger charge is -2.13. The van der Waals surface area contributed by atoms with Gasteiger partial charge in [-0.15, -0.1) is 0 Å². The molecule has 1 aromatic rings. The molecular weight excluding hydrogens is 388 g/mol. The zero-order valence-electron chi connectivity index (χ0n) is 14.0. The van der Waals surface area contributed by atoms with Gasteiger partial charge in [-0.3, -0.25) is 0 Å². The molecule has 1 aliphatic rings. The van der Waals surface area contributed by atoms with Gasteiger partial charge in [-0.1, -0.05) is 6.07 Å². The van der Waals surface area contributed by atoms with Gasteiger partial charge in [-0.05, 0) is 38.7 Å². The average molecular weight is 411 g/mol. The highest BCUT2D eigenvalue weighted by Gasteiger charge is 2.38. The topological polar surface area (TPSA) is 118 Å². The molecule has 0 radical (unpaired) electrons. The Labute approximate surface area is 149 Å². The van der Waals surface area contributed by atoms with Crippen LogP contribution < -0.4 is 4.72 Å². The van der Waals surface area contributed by atoms with Crippen molar-refractivity contribution in [2.24, 2.45) is 0 Å². The first kappa shape index (κ1) is 20.3. The Bertz CT molecular complexity index is 937. The molecule has 0 spiro atoms. The van der Waals surface area contributed by atoms with Crippen LogP contribution in [0.25, 0.3) is 0 Å². The van der Waals surface area contributed by atoms with Crippen LogP contribution in [0.15, 0.2) is 34.1 Å². The third kappa shape index (κ3) is 5.00. The van der Waals surface area contributed by atoms with Gasteiger partial charge in [0.05, 0.1) is 26.5 Å². The molecule has 2 rings (SSSR count). The van der Waals surface area contributed by atoms with Gasteiger partial charge < -0.3 is 4.90 Å². The molecule has 1 saturated heterocycles. The highest BCUT2D eigenvalue weighted by Crippen LogP contribution is 2.26. The summed E-state index contributed by atoms with van der Waals surface area (Å²) in [5, 5.41) is -1.03. The van der Waals surface area contributed by atoms with E-state index in [4.69, 9.17) is 0 Å². The molecule has 0 saturated carbocycles. The van der Waals surface area contributed by atoms with E-state index in [1.165, 1.54) is 18.2 Å². The summed E-state index contributed by atoms with van der Waals surface area (Å²) in [5.41, 5.74) is 0. The van der Waals surface area contributed by atoms with E-state index in [0.29, 0.717) is 6.54 Å². The van der Waals surface area contributed by atoms with Crippen LogP contribution in [0, 0.1) is 0 Å². The Hall–Kier alpha value is -1.01. The van der Waals surface area contributed by atoms with E-state index in [1.54, 1.807) is 14.1 Å². The first-order chi connectivity index (χ1) is 11.4. The molecule has 8 nitrogen and oxygen atoms in total. The molecule has 1 fully saturated rings. The lowest BCUT2D eigenvalue weighted by atomic mass is 10.4. The quantitative estimate of drug-likeness (QED) is 0.643. The number of benzene rings is 1. The van der Waals surface area contributed by atoms with Gasteiger partial charge in [-0.2, -0.15) is 0 Å². The largest absolute Gasteiger partial charge is 0.308 e. The molecule has 1 atom stereocenters. The lowest BCUT2D eigenvalue weighted by Crippen LogP contribution is -2.31. The van der Waals surface area contributed by atoms with E-state index in [9.17, 15) is 25.3 Å². The minimum absolute atomic E-state index is 0.0305. The number of nitrogens with zero attached hydrogens (tertiary/aromatic N) is 1. The summed E-state index contributed by atoms with van der Waals surface area (Å²) in [6.45, 7) is 0.685. The van der Waals surface area contributed by atoms with Gasteiger partial charge in [0.2, 0.25) is 10.0 Å². The van der Waals surface area contributed by atoms with Gasteiger partial charge >= 0.3 is 0 Å². The van der Waals surface area contributed by atoms with Crippen LogP contribution in [0.1, 0.15) is 6.42 Å². The number of sulfonamides is 1. The fraction of sp³-hybridized carbons (Fsp3) is 0.571. The van der Waals surface area contributed by atoms with E-state index in [2.05, 4.69) is 4.72 Å². The average Bonchev–Trinajstić information content (AvgIpc) is 2.88. The standard InChI is InChI=1S/C14H22N2O6S3/c1-16(2)8-7-15-25(21,22)13-5-3-4-12(10-13)24(19,20)14-6-9-23(17,18)11-14/h3-5,10,14-15H,6-9,11H2,1-2H3/t14-/m1/s1. The summed E-state index contributed by atoms with van der Waals surface area (Å²) >= 11 is 0. The zero-order chi connectivity index (χ0) is 18.9. The van der Waals surface area contributed by atoms with E-state index in [-0.39, 0.29) is 28.5 Å². The molecule has 0 unspecified atom stereocenters. The molecule has 0 aromatic heterocycles. The Morgan fingerprint density at radius 1 is 1.16 bits per heavy atom. The molecule has 11 heteroatoms. The van der Waals surface area contributed by atoms with Gasteiger partial charge in [0.15, 0.2) is 19.7 Å². The van der Waals surface area contributed by atoms with Gasteiger partial charge in [0, 0.05) is 13.1 Å². The summed E-state index contributed by atoms with van der Waals surface area (Å²) < 4.78 is 75.3. The molecule has 142 valence electrons. The Morgan fingerprint density at radius 2 is 1.80 bits per heavy atom. The van der Waals surface area contributed by atoms with Crippen molar-refractivity contribution < 1.29 is 25.3 Å². The normalized spacial score (nSPS) is 20.8. The minimum atomic E-state index is -3.91. The molecule has 1 N–H and O–H groups in total. The first-order valence-electron chi connectivity index (χ1n) is 7.63. The van der Waals surface area contributed by atoms with Gasteiger partial charge in [0.25, 0.3) is 0 Å². The first-order valence-corrected chi connectivity index (χ1v) is 12.5. The lowest BCUT2D eigenvalue weighted by molar-refractivity contribution is 0.412. The number of sulfone groups is 2. The fourth-order valence-electron chi connectivity index (χ4n) is 2.50. The predicted molar refractivity (Wildman–Crippen MR) is 94.4 cm³/mol. The molecule has 0 aliphatic carbocycles. The number of likely N-dealkylation sites (N-methyl/N-ethyl adjacent to an activating group) is 1. The summed E-state index contributed by atoms with van der Waals surface area (Å²) in [7, 11) is -7.50. The summed E-state index contributed by atoms with van der Waals surface area (Å²) in [6, 6.07) is 5.02. The molecule has 0 amide bonds. The number of hydrogen-bond donors (Lipinski definition) is 1. The van der Waals surface area contributed by atoms with Crippen molar-refractivity contribution in [3.63, 3.8) is 0 Å². The summed E-state index contributed by atoms with van der Waals surface area (Å²) in [5.74, 6) is -0.589. The van der Waals surface area contributed by atoms with Crippen molar-refractivity contribution in [1.29, 1.82) is 0 Å². The maximum absolute atomic E-state index is 12.6.